The molecule has 6 heteroatoms. The fourth-order valence-electron chi connectivity index (χ4n) is 2.54. The number of aliphatic imine (C=N–C) groups is 1. The van der Waals surface area contributed by atoms with Gasteiger partial charge in [-0.05, 0) is 37.6 Å². The van der Waals surface area contributed by atoms with Crippen LogP contribution in [0.15, 0.2) is 29.0 Å². The predicted molar refractivity (Wildman–Crippen MR) is 79.8 cm³/mol. The zero-order valence-electron chi connectivity index (χ0n) is 11.7. The van der Waals surface area contributed by atoms with Gasteiger partial charge in [-0.15, -0.1) is 0 Å². The number of rotatable bonds is 1. The molecular weight excluding hydrogens is 290 g/mol. The number of halogens is 1. The summed E-state index contributed by atoms with van der Waals surface area (Å²) >= 11 is 6.15. The highest BCUT2D eigenvalue weighted by atomic mass is 35.5. The molecule has 0 saturated carbocycles. The van der Waals surface area contributed by atoms with E-state index in [4.69, 9.17) is 21.6 Å². The minimum atomic E-state index is -0.539. The lowest BCUT2D eigenvalue weighted by atomic mass is 10.0. The fourth-order valence-corrected chi connectivity index (χ4v) is 2.74. The van der Waals surface area contributed by atoms with Gasteiger partial charge in [-0.1, -0.05) is 11.6 Å². The number of fused-ring (bicyclic) bond motifs is 1. The van der Waals surface area contributed by atoms with Gasteiger partial charge >= 0.3 is 0 Å². The number of nitrogens with zero attached hydrogens (tertiary/aromatic N) is 3. The number of hydrogen-bond acceptors (Lipinski definition) is 4. The van der Waals surface area contributed by atoms with Gasteiger partial charge in [-0.3, -0.25) is 0 Å². The number of ether oxygens (including phenoxy) is 1. The fraction of sp³-hybridized carbons (Fsp3) is 0.333. The molecule has 1 aromatic carbocycles. The molecule has 21 heavy (non-hydrogen) atoms. The Hall–Kier alpha value is -2.19. The van der Waals surface area contributed by atoms with E-state index in [1.54, 1.807) is 18.2 Å². The van der Waals surface area contributed by atoms with Crippen LogP contribution in [0.5, 0.6) is 0 Å². The van der Waals surface area contributed by atoms with E-state index in [2.05, 4.69) is 4.99 Å². The molecule has 5 nitrogen and oxygen atoms in total. The van der Waals surface area contributed by atoms with Gasteiger partial charge in [0.05, 0.1) is 16.3 Å². The molecule has 1 aromatic rings. The minimum Gasteiger partial charge on any atom is -0.510 e. The summed E-state index contributed by atoms with van der Waals surface area (Å²) in [6.45, 7) is 4.64. The molecule has 1 saturated heterocycles. The van der Waals surface area contributed by atoms with Crippen molar-refractivity contribution >= 4 is 23.3 Å². The lowest BCUT2D eigenvalue weighted by molar-refractivity contribution is 0.202. The van der Waals surface area contributed by atoms with Gasteiger partial charge in [0.2, 0.25) is 0 Å². The van der Waals surface area contributed by atoms with E-state index in [1.807, 2.05) is 24.8 Å². The number of aliphatic hydroxyl groups excluding tert-OH is 1. The number of aliphatic hydroxyl groups is 1. The lowest BCUT2D eigenvalue weighted by Crippen LogP contribution is -2.42. The Balaban J connectivity index is 1.98. The van der Waals surface area contributed by atoms with Crippen LogP contribution in [0.2, 0.25) is 5.02 Å². The Morgan fingerprint density at radius 2 is 2.29 bits per heavy atom. The Labute approximate surface area is 127 Å². The van der Waals surface area contributed by atoms with Gasteiger partial charge in [-0.2, -0.15) is 10.3 Å². The molecule has 1 fully saturated rings. The molecule has 108 valence electrons. The van der Waals surface area contributed by atoms with E-state index in [9.17, 15) is 5.11 Å². The summed E-state index contributed by atoms with van der Waals surface area (Å²) in [5, 5.41) is 19.3. The molecule has 0 spiro atoms. The van der Waals surface area contributed by atoms with Crippen molar-refractivity contribution in [2.45, 2.75) is 19.4 Å². The second-order valence-corrected chi connectivity index (χ2v) is 5.72. The molecule has 2 aliphatic heterocycles. The third-order valence-corrected chi connectivity index (χ3v) is 4.51. The van der Waals surface area contributed by atoms with Crippen molar-refractivity contribution in [2.24, 2.45) is 4.99 Å². The van der Waals surface area contributed by atoms with E-state index in [1.165, 1.54) is 0 Å². The minimum absolute atomic E-state index is 0.308. The maximum atomic E-state index is 9.94. The molecule has 3 rings (SSSR count). The van der Waals surface area contributed by atoms with Gasteiger partial charge in [-0.25, -0.2) is 0 Å². The van der Waals surface area contributed by atoms with Crippen molar-refractivity contribution < 1.29 is 9.84 Å². The number of benzene rings is 1. The van der Waals surface area contributed by atoms with Crippen LogP contribution in [0.4, 0.5) is 5.69 Å². The first-order valence-electron chi connectivity index (χ1n) is 6.55. The molecule has 0 bridgehead atoms. The molecule has 1 N–H and O–H groups in total. The van der Waals surface area contributed by atoms with Gasteiger partial charge in [0.25, 0.3) is 6.02 Å². The van der Waals surface area contributed by atoms with Gasteiger partial charge in [0.1, 0.15) is 24.0 Å². The van der Waals surface area contributed by atoms with Crippen LogP contribution in [-0.4, -0.2) is 34.7 Å². The topological polar surface area (TPSA) is 68.8 Å². The normalized spacial score (nSPS) is 25.5. The third-order valence-electron chi connectivity index (χ3n) is 4.02. The maximum Gasteiger partial charge on any atom is 0.293 e. The standard InChI is InChI=1S/C15H14ClN3O2/c1-9-11(4-3-10(7-17)13(9)16)18-14-19-6-5-12(20)15(19,2)8-21-14/h3-5,20H,6,8H2,1-2H3/t15-/m1/s1. The number of nitriles is 1. The molecule has 2 aliphatic rings. The van der Waals surface area contributed by atoms with E-state index in [0.717, 1.165) is 5.56 Å². The summed E-state index contributed by atoms with van der Waals surface area (Å²) < 4.78 is 5.62. The average molecular weight is 304 g/mol. The first kappa shape index (κ1) is 13.8. The molecule has 2 heterocycles. The van der Waals surface area contributed by atoms with Crippen LogP contribution >= 0.6 is 11.6 Å². The van der Waals surface area contributed by atoms with Crippen LogP contribution in [0.1, 0.15) is 18.1 Å². The summed E-state index contributed by atoms with van der Waals surface area (Å²) in [7, 11) is 0. The number of hydrogen-bond donors (Lipinski definition) is 1. The van der Waals surface area contributed by atoms with Crippen LogP contribution in [0.3, 0.4) is 0 Å². The Morgan fingerprint density at radius 1 is 1.52 bits per heavy atom. The van der Waals surface area contributed by atoms with E-state index in [0.29, 0.717) is 41.2 Å². The predicted octanol–water partition coefficient (Wildman–Crippen LogP) is 3.05. The van der Waals surface area contributed by atoms with Crippen molar-refractivity contribution in [3.05, 3.63) is 40.1 Å². The van der Waals surface area contributed by atoms with Crippen molar-refractivity contribution in [1.29, 1.82) is 5.26 Å². The lowest BCUT2D eigenvalue weighted by Gasteiger charge is -2.25. The molecule has 0 aromatic heterocycles. The Bertz CT molecular complexity index is 720. The van der Waals surface area contributed by atoms with Crippen molar-refractivity contribution in [3.8, 4) is 6.07 Å². The van der Waals surface area contributed by atoms with Crippen molar-refractivity contribution in [3.63, 3.8) is 0 Å². The van der Waals surface area contributed by atoms with Crippen LogP contribution < -0.4 is 0 Å². The van der Waals surface area contributed by atoms with Crippen molar-refractivity contribution in [2.75, 3.05) is 13.2 Å². The van der Waals surface area contributed by atoms with Crippen LogP contribution in [0.25, 0.3) is 0 Å². The van der Waals surface area contributed by atoms with E-state index in [-0.39, 0.29) is 0 Å². The highest BCUT2D eigenvalue weighted by Crippen LogP contribution is 2.36. The highest BCUT2D eigenvalue weighted by Gasteiger charge is 2.48. The molecule has 0 amide bonds. The SMILES string of the molecule is Cc1c(N=C2OC[C@]3(C)C(O)=CCN23)ccc(C#N)c1Cl. The second kappa shape index (κ2) is 4.68. The molecule has 0 radical (unpaired) electrons. The summed E-state index contributed by atoms with van der Waals surface area (Å²) in [5.41, 5.74) is 1.28. The average Bonchev–Trinajstić information content (AvgIpc) is 2.94. The van der Waals surface area contributed by atoms with Gasteiger partial charge in [0, 0.05) is 6.54 Å². The summed E-state index contributed by atoms with van der Waals surface area (Å²) in [6.07, 6.45) is 1.76. The van der Waals surface area contributed by atoms with E-state index < -0.39 is 5.54 Å². The zero-order valence-corrected chi connectivity index (χ0v) is 12.5. The number of amidine groups is 1. The summed E-state index contributed by atoms with van der Waals surface area (Å²) in [4.78, 5) is 6.41. The highest BCUT2D eigenvalue weighted by molar-refractivity contribution is 6.32. The maximum absolute atomic E-state index is 9.94. The molecule has 0 aliphatic carbocycles. The monoisotopic (exact) mass is 303 g/mol. The van der Waals surface area contributed by atoms with Crippen molar-refractivity contribution in [1.82, 2.24) is 4.90 Å². The molecule has 1 atom stereocenters. The smallest absolute Gasteiger partial charge is 0.293 e. The van der Waals surface area contributed by atoms with Gasteiger partial charge in [0.15, 0.2) is 0 Å². The quantitative estimate of drug-likeness (QED) is 0.865. The first-order chi connectivity index (χ1) is 9.97. The Morgan fingerprint density at radius 3 is 3.00 bits per heavy atom. The van der Waals surface area contributed by atoms with Crippen LogP contribution in [-0.2, 0) is 4.74 Å². The first-order valence-corrected chi connectivity index (χ1v) is 6.93. The molecular formula is C15H14ClN3O2. The van der Waals surface area contributed by atoms with Crippen LogP contribution in [0, 0.1) is 18.3 Å². The molecule has 0 unspecified atom stereocenters. The summed E-state index contributed by atoms with van der Waals surface area (Å²) in [5.74, 6) is 0.308. The summed E-state index contributed by atoms with van der Waals surface area (Å²) in [6, 6.07) is 5.89. The zero-order chi connectivity index (χ0) is 15.2. The second-order valence-electron chi connectivity index (χ2n) is 5.34. The third kappa shape index (κ3) is 1.95. The van der Waals surface area contributed by atoms with E-state index >= 15 is 0 Å². The van der Waals surface area contributed by atoms with Gasteiger partial charge < -0.3 is 14.7 Å². The Kier molecular flexibility index (Phi) is 3.07. The largest absolute Gasteiger partial charge is 0.510 e.